The molecule has 0 saturated carbocycles. The van der Waals surface area contributed by atoms with Crippen molar-refractivity contribution in [3.63, 3.8) is 0 Å². The Morgan fingerprint density at radius 3 is 2.17 bits per heavy atom. The zero-order chi connectivity index (χ0) is 13.6. The first-order valence-electron chi connectivity index (χ1n) is 5.94. The minimum absolute atomic E-state index is 0.227. The number of esters is 2. The predicted octanol–water partition coefficient (Wildman–Crippen LogP) is 2.07. The summed E-state index contributed by atoms with van der Waals surface area (Å²) in [5.41, 5.74) is -0.774. The van der Waals surface area contributed by atoms with Crippen molar-refractivity contribution in [3.8, 4) is 0 Å². The molecule has 0 aliphatic rings. The van der Waals surface area contributed by atoms with Gasteiger partial charge in [-0.1, -0.05) is 37.3 Å². The van der Waals surface area contributed by atoms with Crippen molar-refractivity contribution >= 4 is 11.9 Å². The van der Waals surface area contributed by atoms with Crippen molar-refractivity contribution < 1.29 is 19.1 Å². The average Bonchev–Trinajstić information content (AvgIpc) is 2.41. The standard InChI is InChI=1S/C14H18O4/c1-4-14(12(15)17-3,13(16)18-5-2)11-9-7-6-8-10-11/h6-10H,4-5H2,1-3H3/t14-/m1/s1. The maximum absolute atomic E-state index is 12.2. The monoisotopic (exact) mass is 250 g/mol. The van der Waals surface area contributed by atoms with Crippen LogP contribution in [0.25, 0.3) is 0 Å². The Balaban J connectivity index is 3.32. The van der Waals surface area contributed by atoms with Gasteiger partial charge in [-0.2, -0.15) is 0 Å². The van der Waals surface area contributed by atoms with E-state index in [9.17, 15) is 9.59 Å². The average molecular weight is 250 g/mol. The number of carbonyl (C=O) groups excluding carboxylic acids is 2. The molecule has 1 aromatic carbocycles. The van der Waals surface area contributed by atoms with E-state index in [2.05, 4.69) is 0 Å². The summed E-state index contributed by atoms with van der Waals surface area (Å²) in [6.07, 6.45) is 0.294. The third kappa shape index (κ3) is 2.37. The molecule has 0 saturated heterocycles. The van der Waals surface area contributed by atoms with Crippen LogP contribution in [0, 0.1) is 0 Å². The summed E-state index contributed by atoms with van der Waals surface area (Å²) < 4.78 is 9.82. The van der Waals surface area contributed by atoms with Crippen molar-refractivity contribution in [2.45, 2.75) is 25.7 Å². The Hall–Kier alpha value is -1.84. The van der Waals surface area contributed by atoms with E-state index in [-0.39, 0.29) is 6.61 Å². The van der Waals surface area contributed by atoms with Gasteiger partial charge in [-0.3, -0.25) is 9.59 Å². The second kappa shape index (κ2) is 6.19. The minimum atomic E-state index is -1.37. The number of methoxy groups -OCH3 is 1. The first-order chi connectivity index (χ1) is 8.63. The maximum Gasteiger partial charge on any atom is 0.328 e. The fourth-order valence-electron chi connectivity index (χ4n) is 1.96. The normalized spacial score (nSPS) is 13.5. The number of carbonyl (C=O) groups is 2. The predicted molar refractivity (Wildman–Crippen MR) is 67.1 cm³/mol. The van der Waals surface area contributed by atoms with Crippen molar-refractivity contribution in [1.82, 2.24) is 0 Å². The van der Waals surface area contributed by atoms with Crippen LogP contribution in [0.2, 0.25) is 0 Å². The third-order valence-corrected chi connectivity index (χ3v) is 2.95. The molecule has 0 N–H and O–H groups in total. The first kappa shape index (κ1) is 14.2. The molecular weight excluding hydrogens is 232 g/mol. The summed E-state index contributed by atoms with van der Waals surface area (Å²) in [5.74, 6) is -1.15. The van der Waals surface area contributed by atoms with Gasteiger partial charge in [0.2, 0.25) is 0 Å². The minimum Gasteiger partial charge on any atom is -0.468 e. The second-order valence-corrected chi connectivity index (χ2v) is 3.84. The molecule has 1 atom stereocenters. The van der Waals surface area contributed by atoms with Crippen LogP contribution in [0.5, 0.6) is 0 Å². The lowest BCUT2D eigenvalue weighted by atomic mass is 9.78. The van der Waals surface area contributed by atoms with Crippen molar-refractivity contribution in [2.24, 2.45) is 0 Å². The Morgan fingerprint density at radius 2 is 1.72 bits per heavy atom. The Bertz CT molecular complexity index is 413. The summed E-state index contributed by atoms with van der Waals surface area (Å²) in [5, 5.41) is 0. The van der Waals surface area contributed by atoms with Crippen molar-refractivity contribution in [3.05, 3.63) is 35.9 Å². The molecule has 0 spiro atoms. The van der Waals surface area contributed by atoms with Crippen LogP contribution >= 0.6 is 0 Å². The molecule has 98 valence electrons. The highest BCUT2D eigenvalue weighted by Gasteiger charge is 2.48. The molecule has 4 nitrogen and oxygen atoms in total. The van der Waals surface area contributed by atoms with Gasteiger partial charge in [0, 0.05) is 0 Å². The SMILES string of the molecule is CCOC(=O)[C@@](CC)(C(=O)OC)c1ccccc1. The third-order valence-electron chi connectivity index (χ3n) is 2.95. The number of rotatable bonds is 5. The van der Waals surface area contributed by atoms with E-state index in [1.807, 2.05) is 6.07 Å². The Morgan fingerprint density at radius 1 is 1.11 bits per heavy atom. The lowest BCUT2D eigenvalue weighted by Gasteiger charge is -2.27. The second-order valence-electron chi connectivity index (χ2n) is 3.84. The topological polar surface area (TPSA) is 52.6 Å². The van der Waals surface area contributed by atoms with Gasteiger partial charge in [0.1, 0.15) is 0 Å². The van der Waals surface area contributed by atoms with E-state index in [0.29, 0.717) is 12.0 Å². The van der Waals surface area contributed by atoms with Gasteiger partial charge in [-0.15, -0.1) is 0 Å². The van der Waals surface area contributed by atoms with Gasteiger partial charge < -0.3 is 9.47 Å². The molecule has 0 aromatic heterocycles. The number of ether oxygens (including phenoxy) is 2. The Labute approximate surface area is 107 Å². The summed E-state index contributed by atoms with van der Waals surface area (Å²) in [4.78, 5) is 24.2. The largest absolute Gasteiger partial charge is 0.468 e. The van der Waals surface area contributed by atoms with E-state index in [0.717, 1.165) is 0 Å². The molecule has 4 heteroatoms. The molecule has 0 unspecified atom stereocenters. The highest BCUT2D eigenvalue weighted by molar-refractivity contribution is 6.06. The zero-order valence-electron chi connectivity index (χ0n) is 10.9. The number of hydrogen-bond acceptors (Lipinski definition) is 4. The molecule has 0 aliphatic carbocycles. The summed E-state index contributed by atoms with van der Waals surface area (Å²) in [7, 11) is 1.27. The Kier molecular flexibility index (Phi) is 4.89. The molecule has 0 heterocycles. The van der Waals surface area contributed by atoms with E-state index in [1.54, 1.807) is 38.1 Å². The van der Waals surface area contributed by atoms with Crippen LogP contribution in [0.4, 0.5) is 0 Å². The molecule has 0 amide bonds. The quantitative estimate of drug-likeness (QED) is 0.593. The smallest absolute Gasteiger partial charge is 0.328 e. The van der Waals surface area contributed by atoms with Crippen LogP contribution in [0.15, 0.2) is 30.3 Å². The van der Waals surface area contributed by atoms with Gasteiger partial charge >= 0.3 is 11.9 Å². The summed E-state index contributed by atoms with van der Waals surface area (Å²) in [6, 6.07) is 8.85. The van der Waals surface area contributed by atoms with Gasteiger partial charge in [-0.25, -0.2) is 0 Å². The lowest BCUT2D eigenvalue weighted by Crippen LogP contribution is -2.45. The molecule has 1 aromatic rings. The summed E-state index contributed by atoms with van der Waals surface area (Å²) >= 11 is 0. The molecule has 1 rings (SSSR count). The molecular formula is C14H18O4. The van der Waals surface area contributed by atoms with Crippen LogP contribution < -0.4 is 0 Å². The zero-order valence-corrected chi connectivity index (χ0v) is 10.9. The van der Waals surface area contributed by atoms with Crippen LogP contribution in [0.3, 0.4) is 0 Å². The fraction of sp³-hybridized carbons (Fsp3) is 0.429. The van der Waals surface area contributed by atoms with Crippen molar-refractivity contribution in [2.75, 3.05) is 13.7 Å². The van der Waals surface area contributed by atoms with Gasteiger partial charge in [0.25, 0.3) is 0 Å². The molecule has 18 heavy (non-hydrogen) atoms. The van der Waals surface area contributed by atoms with Gasteiger partial charge in [0.05, 0.1) is 13.7 Å². The number of hydrogen-bond donors (Lipinski definition) is 0. The van der Waals surface area contributed by atoms with Gasteiger partial charge in [-0.05, 0) is 18.9 Å². The molecule has 0 aliphatic heterocycles. The van der Waals surface area contributed by atoms with Crippen LogP contribution in [-0.4, -0.2) is 25.7 Å². The van der Waals surface area contributed by atoms with E-state index in [4.69, 9.17) is 9.47 Å². The highest BCUT2D eigenvalue weighted by Crippen LogP contribution is 2.31. The fourth-order valence-corrected chi connectivity index (χ4v) is 1.96. The summed E-state index contributed by atoms with van der Waals surface area (Å²) in [6.45, 7) is 3.70. The van der Waals surface area contributed by atoms with Gasteiger partial charge in [0.15, 0.2) is 5.41 Å². The first-order valence-corrected chi connectivity index (χ1v) is 5.94. The molecule has 0 radical (unpaired) electrons. The maximum atomic E-state index is 12.2. The van der Waals surface area contributed by atoms with Crippen LogP contribution in [0.1, 0.15) is 25.8 Å². The molecule has 0 fully saturated rings. The number of benzene rings is 1. The van der Waals surface area contributed by atoms with Crippen LogP contribution in [-0.2, 0) is 24.5 Å². The highest BCUT2D eigenvalue weighted by atomic mass is 16.6. The van der Waals surface area contributed by atoms with Crippen molar-refractivity contribution in [1.29, 1.82) is 0 Å². The molecule has 0 bridgehead atoms. The lowest BCUT2D eigenvalue weighted by molar-refractivity contribution is -0.163. The van der Waals surface area contributed by atoms with E-state index < -0.39 is 17.4 Å². The van der Waals surface area contributed by atoms with E-state index in [1.165, 1.54) is 7.11 Å². The van der Waals surface area contributed by atoms with E-state index >= 15 is 0 Å².